The number of hydrogen-bond acceptors (Lipinski definition) is 2. The maximum absolute atomic E-state index is 13.6. The van der Waals surface area contributed by atoms with E-state index < -0.39 is 28.6 Å². The quantitative estimate of drug-likeness (QED) is 0.610. The number of rotatable bonds is 3. The Morgan fingerprint density at radius 2 is 2.06 bits per heavy atom. The summed E-state index contributed by atoms with van der Waals surface area (Å²) < 4.78 is 42.2. The first kappa shape index (κ1) is 15.6. The van der Waals surface area contributed by atoms with Crippen LogP contribution in [0.15, 0.2) is 27.1 Å². The molecule has 1 unspecified atom stereocenters. The summed E-state index contributed by atoms with van der Waals surface area (Å²) in [4.78, 5) is 0. The second kappa shape index (κ2) is 6.12. The number of nitrogens with zero attached hydrogens (tertiary/aromatic N) is 1. The van der Waals surface area contributed by atoms with Crippen molar-refractivity contribution >= 4 is 33.0 Å². The van der Waals surface area contributed by atoms with Crippen molar-refractivity contribution in [3.8, 4) is 0 Å². The molecule has 1 rings (SSSR count). The third-order valence-corrected chi connectivity index (χ3v) is 4.01. The van der Waals surface area contributed by atoms with Gasteiger partial charge in [-0.05, 0) is 39.0 Å². The van der Waals surface area contributed by atoms with Gasteiger partial charge in [0.2, 0.25) is 0 Å². The zero-order valence-corrected chi connectivity index (χ0v) is 12.7. The van der Waals surface area contributed by atoms with Crippen LogP contribution >= 0.6 is 15.9 Å². The molecule has 0 aliphatic rings. The summed E-state index contributed by atoms with van der Waals surface area (Å²) in [7, 11) is 0. The number of halogens is 3. The highest BCUT2D eigenvalue weighted by Crippen LogP contribution is 2.21. The fourth-order valence-corrected chi connectivity index (χ4v) is 2.08. The van der Waals surface area contributed by atoms with Gasteiger partial charge in [-0.3, -0.25) is 0 Å². The molecule has 0 aromatic heterocycles. The molecule has 0 radical (unpaired) electrons. The van der Waals surface area contributed by atoms with Crippen molar-refractivity contribution in [1.82, 2.24) is 0 Å². The van der Waals surface area contributed by atoms with E-state index in [1.54, 1.807) is 20.8 Å². The van der Waals surface area contributed by atoms with Crippen LogP contribution < -0.4 is 0 Å². The molecule has 0 aliphatic carbocycles. The lowest BCUT2D eigenvalue weighted by atomic mass is 10.1. The van der Waals surface area contributed by atoms with Gasteiger partial charge in [0.15, 0.2) is 0 Å². The molecule has 6 heteroatoms. The minimum absolute atomic E-state index is 0.0319. The van der Waals surface area contributed by atoms with Crippen molar-refractivity contribution < 1.29 is 13.3 Å². The molecule has 2 nitrogen and oxygen atoms in total. The van der Waals surface area contributed by atoms with Crippen molar-refractivity contribution in [3.63, 3.8) is 0 Å². The number of benzene rings is 1. The lowest BCUT2D eigenvalue weighted by Crippen LogP contribution is -2.27. The van der Waals surface area contributed by atoms with Crippen LogP contribution in [0.5, 0.6) is 0 Å². The second-order valence-corrected chi connectivity index (χ2v) is 7.48. The molecule has 1 atom stereocenters. The molecule has 1 aromatic rings. The molecule has 0 amide bonds. The maximum Gasteiger partial charge on any atom is 0.144 e. The molecule has 0 N–H and O–H groups in total. The molecule has 18 heavy (non-hydrogen) atoms. The lowest BCUT2D eigenvalue weighted by Gasteiger charge is -2.19. The van der Waals surface area contributed by atoms with Crippen molar-refractivity contribution in [2.75, 3.05) is 6.67 Å². The molecule has 0 bridgehead atoms. The van der Waals surface area contributed by atoms with Crippen LogP contribution in [-0.2, 0) is 11.4 Å². The molecule has 0 fully saturated rings. The highest BCUT2D eigenvalue weighted by molar-refractivity contribution is 9.10. The monoisotopic (exact) mass is 337 g/mol. The van der Waals surface area contributed by atoms with Gasteiger partial charge >= 0.3 is 0 Å². The van der Waals surface area contributed by atoms with Gasteiger partial charge in [0, 0.05) is 10.0 Å². The SMILES string of the molecule is CC(C)(C)[S+]([O-])/N=C(/CF)c1cc(Br)ccc1F. The van der Waals surface area contributed by atoms with Gasteiger partial charge in [-0.15, -0.1) is 0 Å². The van der Waals surface area contributed by atoms with Gasteiger partial charge in [0.1, 0.15) is 34.3 Å². The highest BCUT2D eigenvalue weighted by atomic mass is 79.9. The second-order valence-electron chi connectivity index (χ2n) is 4.66. The average Bonchev–Trinajstić information content (AvgIpc) is 2.28. The standard InChI is InChI=1S/C12H14BrF2NOS/c1-12(2,3)18(17)16-11(7-14)9-6-8(13)4-5-10(9)15/h4-6H,7H2,1-3H3/b16-11-. The molecule has 0 saturated carbocycles. The van der Waals surface area contributed by atoms with Gasteiger partial charge in [0.25, 0.3) is 0 Å². The van der Waals surface area contributed by atoms with Crippen molar-refractivity contribution in [2.45, 2.75) is 25.5 Å². The fraction of sp³-hybridized carbons (Fsp3) is 0.417. The third kappa shape index (κ3) is 4.03. The summed E-state index contributed by atoms with van der Waals surface area (Å²) in [5.74, 6) is -0.583. The topological polar surface area (TPSA) is 35.4 Å². The van der Waals surface area contributed by atoms with Crippen LogP contribution in [0.4, 0.5) is 8.78 Å². The Hall–Kier alpha value is -0.460. The third-order valence-electron chi connectivity index (χ3n) is 2.08. The van der Waals surface area contributed by atoms with Crippen LogP contribution in [0, 0.1) is 5.82 Å². The first-order chi connectivity index (χ1) is 8.25. The van der Waals surface area contributed by atoms with Crippen molar-refractivity contribution in [3.05, 3.63) is 34.1 Å². The summed E-state index contributed by atoms with van der Waals surface area (Å²) in [6.07, 6.45) is 0. The number of alkyl halides is 1. The summed E-state index contributed by atoms with van der Waals surface area (Å²) >= 11 is 1.56. The first-order valence-electron chi connectivity index (χ1n) is 5.26. The minimum Gasteiger partial charge on any atom is -0.591 e. The Balaban J connectivity index is 3.17. The van der Waals surface area contributed by atoms with Crippen molar-refractivity contribution in [2.24, 2.45) is 4.40 Å². The van der Waals surface area contributed by atoms with Gasteiger partial charge in [-0.1, -0.05) is 20.3 Å². The maximum atomic E-state index is 13.6. The molecular formula is C12H14BrF2NOS. The van der Waals surface area contributed by atoms with Crippen LogP contribution in [0.1, 0.15) is 26.3 Å². The van der Waals surface area contributed by atoms with E-state index in [1.807, 2.05) is 0 Å². The average molecular weight is 338 g/mol. The first-order valence-corrected chi connectivity index (χ1v) is 7.16. The number of hydrogen-bond donors (Lipinski definition) is 0. The largest absolute Gasteiger partial charge is 0.591 e. The minimum atomic E-state index is -1.62. The Morgan fingerprint density at radius 1 is 1.44 bits per heavy atom. The van der Waals surface area contributed by atoms with E-state index in [4.69, 9.17) is 0 Å². The fourth-order valence-electron chi connectivity index (χ4n) is 1.10. The van der Waals surface area contributed by atoms with Gasteiger partial charge in [-0.25, -0.2) is 8.78 Å². The van der Waals surface area contributed by atoms with Crippen LogP contribution in [0.25, 0.3) is 0 Å². The van der Waals surface area contributed by atoms with Crippen LogP contribution in [0.2, 0.25) is 0 Å². The Bertz CT molecular complexity index is 460. The van der Waals surface area contributed by atoms with E-state index in [9.17, 15) is 13.3 Å². The van der Waals surface area contributed by atoms with E-state index in [2.05, 4.69) is 20.3 Å². The Morgan fingerprint density at radius 3 is 2.56 bits per heavy atom. The van der Waals surface area contributed by atoms with Gasteiger partial charge in [-0.2, -0.15) is 0 Å². The summed E-state index contributed by atoms with van der Waals surface area (Å²) in [5.41, 5.74) is -0.105. The van der Waals surface area contributed by atoms with E-state index in [0.29, 0.717) is 4.47 Å². The summed E-state index contributed by atoms with van der Waals surface area (Å²) in [5, 5.41) is 0. The lowest BCUT2D eigenvalue weighted by molar-refractivity contribution is 0.557. The molecule has 0 spiro atoms. The van der Waals surface area contributed by atoms with Crippen molar-refractivity contribution in [1.29, 1.82) is 0 Å². The summed E-state index contributed by atoms with van der Waals surface area (Å²) in [6, 6.07) is 4.15. The zero-order chi connectivity index (χ0) is 13.9. The smallest absolute Gasteiger partial charge is 0.144 e. The van der Waals surface area contributed by atoms with Gasteiger partial charge in [0.05, 0.1) is 0 Å². The van der Waals surface area contributed by atoms with Crippen LogP contribution in [0.3, 0.4) is 0 Å². The predicted molar refractivity (Wildman–Crippen MR) is 74.5 cm³/mol. The zero-order valence-electron chi connectivity index (χ0n) is 10.3. The van der Waals surface area contributed by atoms with Gasteiger partial charge < -0.3 is 4.55 Å². The normalized spacial score (nSPS) is 14.7. The van der Waals surface area contributed by atoms with E-state index >= 15 is 0 Å². The van der Waals surface area contributed by atoms with Crippen LogP contribution in [-0.4, -0.2) is 21.7 Å². The summed E-state index contributed by atoms with van der Waals surface area (Å²) in [6.45, 7) is 4.20. The molecular weight excluding hydrogens is 324 g/mol. The predicted octanol–water partition coefficient (Wildman–Crippen LogP) is 3.81. The molecule has 0 heterocycles. The van der Waals surface area contributed by atoms with E-state index in [-0.39, 0.29) is 11.3 Å². The van der Waals surface area contributed by atoms with E-state index in [1.165, 1.54) is 18.2 Å². The molecule has 0 aliphatic heterocycles. The Labute approximate surface area is 117 Å². The molecule has 1 aromatic carbocycles. The molecule has 100 valence electrons. The molecule has 0 saturated heterocycles. The highest BCUT2D eigenvalue weighted by Gasteiger charge is 2.28. The Kier molecular flexibility index (Phi) is 5.31. The van der Waals surface area contributed by atoms with E-state index in [0.717, 1.165) is 0 Å².